The lowest BCUT2D eigenvalue weighted by atomic mass is 10.1. The van der Waals surface area contributed by atoms with Crippen LogP contribution in [0.1, 0.15) is 11.1 Å². The van der Waals surface area contributed by atoms with Crippen LogP contribution in [0.25, 0.3) is 0 Å². The van der Waals surface area contributed by atoms with Crippen LogP contribution >= 0.6 is 11.8 Å². The van der Waals surface area contributed by atoms with E-state index in [0.717, 1.165) is 23.5 Å². The standard InChI is InChI=1S/C16H16F2OS/c17-16(18)19-15-9-5-4-8-14(15)10-11-20-12-13-6-2-1-3-7-13/h1-9,16H,10-12H2. The van der Waals surface area contributed by atoms with Crippen molar-refractivity contribution in [1.82, 2.24) is 0 Å². The minimum Gasteiger partial charge on any atom is -0.435 e. The van der Waals surface area contributed by atoms with Gasteiger partial charge in [-0.25, -0.2) is 0 Å². The highest BCUT2D eigenvalue weighted by atomic mass is 32.2. The number of rotatable bonds is 7. The first kappa shape index (κ1) is 14.9. The molecule has 0 aromatic heterocycles. The van der Waals surface area contributed by atoms with Gasteiger partial charge in [0.2, 0.25) is 0 Å². The SMILES string of the molecule is FC(F)Oc1ccccc1CCSCc1ccccc1. The van der Waals surface area contributed by atoms with Gasteiger partial charge in [-0.3, -0.25) is 0 Å². The van der Waals surface area contributed by atoms with E-state index >= 15 is 0 Å². The highest BCUT2D eigenvalue weighted by molar-refractivity contribution is 7.98. The monoisotopic (exact) mass is 294 g/mol. The third kappa shape index (κ3) is 4.85. The summed E-state index contributed by atoms with van der Waals surface area (Å²) >= 11 is 1.79. The van der Waals surface area contributed by atoms with Gasteiger partial charge in [0.1, 0.15) is 5.75 Å². The van der Waals surface area contributed by atoms with E-state index in [4.69, 9.17) is 0 Å². The molecule has 2 rings (SSSR count). The van der Waals surface area contributed by atoms with Gasteiger partial charge < -0.3 is 4.74 Å². The highest BCUT2D eigenvalue weighted by Crippen LogP contribution is 2.22. The highest BCUT2D eigenvalue weighted by Gasteiger charge is 2.08. The number of benzene rings is 2. The van der Waals surface area contributed by atoms with Gasteiger partial charge in [0.05, 0.1) is 0 Å². The molecule has 0 atom stereocenters. The third-order valence-corrected chi connectivity index (χ3v) is 3.85. The number of hydrogen-bond acceptors (Lipinski definition) is 2. The maximum atomic E-state index is 12.3. The van der Waals surface area contributed by atoms with Gasteiger partial charge in [-0.2, -0.15) is 20.5 Å². The fraction of sp³-hybridized carbons (Fsp3) is 0.250. The van der Waals surface area contributed by atoms with E-state index < -0.39 is 6.61 Å². The van der Waals surface area contributed by atoms with Gasteiger partial charge in [0, 0.05) is 5.75 Å². The van der Waals surface area contributed by atoms with Gasteiger partial charge in [-0.05, 0) is 29.4 Å². The van der Waals surface area contributed by atoms with Crippen LogP contribution < -0.4 is 4.74 Å². The topological polar surface area (TPSA) is 9.23 Å². The first-order chi connectivity index (χ1) is 9.75. The predicted molar refractivity (Wildman–Crippen MR) is 79.4 cm³/mol. The lowest BCUT2D eigenvalue weighted by molar-refractivity contribution is -0.0504. The Morgan fingerprint density at radius 1 is 0.950 bits per heavy atom. The molecule has 2 aromatic carbocycles. The van der Waals surface area contributed by atoms with Crippen LogP contribution in [0.2, 0.25) is 0 Å². The molecule has 20 heavy (non-hydrogen) atoms. The van der Waals surface area contributed by atoms with Gasteiger partial charge in [0.15, 0.2) is 0 Å². The summed E-state index contributed by atoms with van der Waals surface area (Å²) in [5.41, 5.74) is 2.10. The Balaban J connectivity index is 1.82. The number of ether oxygens (including phenoxy) is 1. The second-order valence-corrected chi connectivity index (χ2v) is 5.38. The van der Waals surface area contributed by atoms with E-state index in [1.807, 2.05) is 30.3 Å². The van der Waals surface area contributed by atoms with Crippen LogP contribution in [-0.2, 0) is 12.2 Å². The zero-order chi connectivity index (χ0) is 14.2. The van der Waals surface area contributed by atoms with Crippen molar-refractivity contribution in [2.75, 3.05) is 5.75 Å². The lowest BCUT2D eigenvalue weighted by Gasteiger charge is -2.10. The van der Waals surface area contributed by atoms with Crippen molar-refractivity contribution in [1.29, 1.82) is 0 Å². The molecule has 4 heteroatoms. The van der Waals surface area contributed by atoms with Crippen LogP contribution in [0.5, 0.6) is 5.75 Å². The molecule has 2 aromatic rings. The summed E-state index contributed by atoms with van der Waals surface area (Å²) in [5.74, 6) is 2.08. The quantitative estimate of drug-likeness (QED) is 0.681. The molecular formula is C16H16F2OS. The van der Waals surface area contributed by atoms with Crippen LogP contribution in [0.4, 0.5) is 8.78 Å². The zero-order valence-electron chi connectivity index (χ0n) is 11.0. The molecule has 0 heterocycles. The van der Waals surface area contributed by atoms with Crippen LogP contribution in [0.15, 0.2) is 54.6 Å². The maximum Gasteiger partial charge on any atom is 0.387 e. The van der Waals surface area contributed by atoms with E-state index in [1.54, 1.807) is 23.9 Å². The average molecular weight is 294 g/mol. The molecule has 0 aliphatic heterocycles. The van der Waals surface area contributed by atoms with Crippen LogP contribution in [0.3, 0.4) is 0 Å². The summed E-state index contributed by atoms with van der Waals surface area (Å²) in [6.07, 6.45) is 0.723. The molecule has 0 N–H and O–H groups in total. The van der Waals surface area contributed by atoms with Crippen molar-refractivity contribution in [2.24, 2.45) is 0 Å². The minimum atomic E-state index is -2.77. The van der Waals surface area contributed by atoms with Crippen molar-refractivity contribution >= 4 is 11.8 Å². The normalized spacial score (nSPS) is 10.8. The molecule has 0 spiro atoms. The molecule has 0 saturated heterocycles. The molecule has 0 aliphatic rings. The Morgan fingerprint density at radius 2 is 1.65 bits per heavy atom. The zero-order valence-corrected chi connectivity index (χ0v) is 11.8. The minimum absolute atomic E-state index is 0.280. The van der Waals surface area contributed by atoms with E-state index in [1.165, 1.54) is 5.56 Å². The Labute approximate surface area is 122 Å². The van der Waals surface area contributed by atoms with Crippen LogP contribution in [0, 0.1) is 0 Å². The molecule has 0 saturated carbocycles. The fourth-order valence-corrected chi connectivity index (χ4v) is 2.80. The fourth-order valence-electron chi connectivity index (χ4n) is 1.87. The van der Waals surface area contributed by atoms with E-state index in [9.17, 15) is 8.78 Å². The van der Waals surface area contributed by atoms with Crippen molar-refractivity contribution < 1.29 is 13.5 Å². The Morgan fingerprint density at radius 3 is 2.40 bits per heavy atom. The summed E-state index contributed by atoms with van der Waals surface area (Å²) in [4.78, 5) is 0. The molecule has 0 unspecified atom stereocenters. The molecule has 0 fully saturated rings. The van der Waals surface area contributed by atoms with E-state index in [-0.39, 0.29) is 5.75 Å². The number of hydrogen-bond donors (Lipinski definition) is 0. The number of halogens is 2. The third-order valence-electron chi connectivity index (χ3n) is 2.82. The number of thioether (sulfide) groups is 1. The van der Waals surface area contributed by atoms with Crippen molar-refractivity contribution in [3.05, 3.63) is 65.7 Å². The molecule has 0 bridgehead atoms. The smallest absolute Gasteiger partial charge is 0.387 e. The lowest BCUT2D eigenvalue weighted by Crippen LogP contribution is -2.04. The average Bonchev–Trinajstić information content (AvgIpc) is 2.46. The second kappa shape index (κ2) is 7.90. The summed E-state index contributed by atoms with van der Waals surface area (Å²) in [7, 11) is 0. The summed E-state index contributed by atoms with van der Waals surface area (Å²) < 4.78 is 29.1. The summed E-state index contributed by atoms with van der Waals surface area (Å²) in [6.45, 7) is -2.77. The van der Waals surface area contributed by atoms with Crippen LogP contribution in [-0.4, -0.2) is 12.4 Å². The van der Waals surface area contributed by atoms with Gasteiger partial charge >= 0.3 is 6.61 Å². The number of alkyl halides is 2. The van der Waals surface area contributed by atoms with E-state index in [0.29, 0.717) is 0 Å². The Kier molecular flexibility index (Phi) is 5.87. The van der Waals surface area contributed by atoms with Crippen molar-refractivity contribution in [3.63, 3.8) is 0 Å². The molecular weight excluding hydrogens is 278 g/mol. The second-order valence-electron chi connectivity index (χ2n) is 4.27. The predicted octanol–water partition coefficient (Wildman–Crippen LogP) is 4.76. The van der Waals surface area contributed by atoms with Gasteiger partial charge in [-0.15, -0.1) is 0 Å². The molecule has 1 nitrogen and oxygen atoms in total. The molecule has 0 amide bonds. The molecule has 0 aliphatic carbocycles. The van der Waals surface area contributed by atoms with Crippen molar-refractivity contribution in [3.8, 4) is 5.75 Å². The molecule has 0 radical (unpaired) electrons. The summed E-state index contributed by atoms with van der Waals surface area (Å²) in [6, 6.07) is 17.2. The van der Waals surface area contributed by atoms with E-state index in [2.05, 4.69) is 16.9 Å². The van der Waals surface area contributed by atoms with Crippen molar-refractivity contribution in [2.45, 2.75) is 18.8 Å². The summed E-state index contributed by atoms with van der Waals surface area (Å²) in [5, 5.41) is 0. The number of aryl methyl sites for hydroxylation is 1. The van der Waals surface area contributed by atoms with Gasteiger partial charge in [0.25, 0.3) is 0 Å². The first-order valence-electron chi connectivity index (χ1n) is 6.40. The van der Waals surface area contributed by atoms with Gasteiger partial charge in [-0.1, -0.05) is 48.5 Å². The Bertz CT molecular complexity index is 517. The Hall–Kier alpha value is -1.55. The maximum absolute atomic E-state index is 12.3. The largest absolute Gasteiger partial charge is 0.435 e. The molecule has 106 valence electrons. The first-order valence-corrected chi connectivity index (χ1v) is 7.55. The number of para-hydroxylation sites is 1.